The molecule has 5 nitrogen and oxygen atoms in total. The largest absolute Gasteiger partial charge is 0.464 e. The molecule has 39 heavy (non-hydrogen) atoms. The van der Waals surface area contributed by atoms with Crippen LogP contribution in [-0.2, 0) is 25.5 Å². The Kier molecular flexibility index (Phi) is 9.65. The van der Waals surface area contributed by atoms with Crippen LogP contribution in [0, 0.1) is 12.7 Å². The first kappa shape index (κ1) is 29.1. The van der Waals surface area contributed by atoms with Gasteiger partial charge in [0.25, 0.3) is 5.91 Å². The predicted octanol–water partition coefficient (Wildman–Crippen LogP) is 7.43. The molecule has 0 saturated carbocycles. The van der Waals surface area contributed by atoms with Gasteiger partial charge in [-0.25, -0.2) is 9.18 Å². The molecule has 0 radical (unpaired) electrons. The average molecular weight is 573 g/mol. The van der Waals surface area contributed by atoms with Crippen molar-refractivity contribution in [3.05, 3.63) is 105 Å². The quantitative estimate of drug-likeness (QED) is 0.251. The smallest absolute Gasteiger partial charge is 0.328 e. The molecular weight excluding hydrogens is 540 g/mol. The van der Waals surface area contributed by atoms with E-state index in [0.717, 1.165) is 11.1 Å². The number of amides is 1. The maximum atomic E-state index is 14.4. The van der Waals surface area contributed by atoms with Crippen molar-refractivity contribution in [3.8, 4) is 0 Å². The second-order valence-corrected chi connectivity index (χ2v) is 10.6. The third kappa shape index (κ3) is 6.63. The molecule has 1 aliphatic rings. The second kappa shape index (κ2) is 12.9. The first-order chi connectivity index (χ1) is 18.7. The molecule has 1 aliphatic heterocycles. The number of rotatable bonds is 9. The number of aryl methyl sites for hydroxylation is 1. The molecule has 0 aliphatic carbocycles. The third-order valence-electron chi connectivity index (χ3n) is 6.95. The number of nitrogens with zero attached hydrogens (tertiary/aromatic N) is 1. The number of carbonyl (C=O) groups is 2. The van der Waals surface area contributed by atoms with Gasteiger partial charge in [0.1, 0.15) is 24.1 Å². The lowest BCUT2D eigenvalue weighted by molar-refractivity contribution is -0.186. The lowest BCUT2D eigenvalue weighted by Gasteiger charge is -2.47. The number of esters is 1. The zero-order valence-electron chi connectivity index (χ0n) is 22.2. The number of hydrogen-bond donors (Lipinski definition) is 0. The maximum Gasteiger partial charge on any atom is 0.328 e. The van der Waals surface area contributed by atoms with Crippen LogP contribution in [0.15, 0.2) is 66.7 Å². The van der Waals surface area contributed by atoms with Gasteiger partial charge in [-0.1, -0.05) is 72.9 Å². The lowest BCUT2D eigenvalue weighted by Crippen LogP contribution is -2.57. The molecule has 206 valence electrons. The molecule has 1 saturated heterocycles. The van der Waals surface area contributed by atoms with Crippen molar-refractivity contribution >= 4 is 35.1 Å². The Morgan fingerprint density at radius 2 is 1.62 bits per heavy atom. The number of hydrogen-bond acceptors (Lipinski definition) is 4. The number of benzene rings is 3. The van der Waals surface area contributed by atoms with E-state index in [1.165, 1.54) is 6.07 Å². The van der Waals surface area contributed by atoms with Crippen LogP contribution in [0.2, 0.25) is 10.0 Å². The highest BCUT2D eigenvalue weighted by Crippen LogP contribution is 2.44. The first-order valence-electron chi connectivity index (χ1n) is 13.1. The van der Waals surface area contributed by atoms with Crippen LogP contribution in [0.1, 0.15) is 61.1 Å². The van der Waals surface area contributed by atoms with Crippen molar-refractivity contribution < 1.29 is 23.5 Å². The zero-order chi connectivity index (χ0) is 28.1. The van der Waals surface area contributed by atoms with E-state index in [2.05, 4.69) is 0 Å². The van der Waals surface area contributed by atoms with E-state index in [1.54, 1.807) is 55.1 Å². The van der Waals surface area contributed by atoms with Crippen LogP contribution < -0.4 is 0 Å². The predicted molar refractivity (Wildman–Crippen MR) is 150 cm³/mol. The minimum atomic E-state index is -0.954. The third-order valence-corrected chi connectivity index (χ3v) is 7.46. The SMILES string of the molecule is CCC[C@H](C(=O)OCC)N1C(=O)[C@H](Cc2ccc(C)c(F)c2)O[C@@H](c2ccc(Cl)cc2)[C@H]1c1ccc(Cl)cc1. The highest BCUT2D eigenvalue weighted by molar-refractivity contribution is 6.30. The highest BCUT2D eigenvalue weighted by Gasteiger charge is 2.48. The Bertz CT molecular complexity index is 1300. The van der Waals surface area contributed by atoms with Gasteiger partial charge in [0.05, 0.1) is 12.6 Å². The molecule has 0 N–H and O–H groups in total. The number of carbonyl (C=O) groups excluding carboxylic acids is 2. The summed E-state index contributed by atoms with van der Waals surface area (Å²) in [5, 5.41) is 1.11. The van der Waals surface area contributed by atoms with Gasteiger partial charge in [0.15, 0.2) is 0 Å². The van der Waals surface area contributed by atoms with E-state index in [9.17, 15) is 14.0 Å². The summed E-state index contributed by atoms with van der Waals surface area (Å²) < 4.78 is 26.4. The van der Waals surface area contributed by atoms with E-state index < -0.39 is 30.3 Å². The minimum Gasteiger partial charge on any atom is -0.464 e. The van der Waals surface area contributed by atoms with E-state index in [4.69, 9.17) is 32.7 Å². The van der Waals surface area contributed by atoms with Gasteiger partial charge < -0.3 is 14.4 Å². The van der Waals surface area contributed by atoms with Gasteiger partial charge in [-0.3, -0.25) is 4.79 Å². The van der Waals surface area contributed by atoms with Gasteiger partial charge in [-0.15, -0.1) is 0 Å². The zero-order valence-corrected chi connectivity index (χ0v) is 23.7. The first-order valence-corrected chi connectivity index (χ1v) is 13.9. The van der Waals surface area contributed by atoms with Crippen LogP contribution >= 0.6 is 23.2 Å². The van der Waals surface area contributed by atoms with Crippen molar-refractivity contribution in [1.82, 2.24) is 4.90 Å². The van der Waals surface area contributed by atoms with E-state index >= 15 is 0 Å². The summed E-state index contributed by atoms with van der Waals surface area (Å²) in [6.07, 6.45) is -0.388. The molecule has 1 fully saturated rings. The molecule has 0 unspecified atom stereocenters. The molecule has 4 atom stereocenters. The Balaban J connectivity index is 1.86. The highest BCUT2D eigenvalue weighted by atomic mass is 35.5. The molecule has 3 aromatic carbocycles. The molecule has 0 bridgehead atoms. The van der Waals surface area contributed by atoms with Crippen molar-refractivity contribution in [2.45, 2.75) is 64.3 Å². The van der Waals surface area contributed by atoms with Gasteiger partial charge in [-0.05, 0) is 72.9 Å². The monoisotopic (exact) mass is 571 g/mol. The minimum absolute atomic E-state index is 0.144. The molecule has 3 aromatic rings. The summed E-state index contributed by atoms with van der Waals surface area (Å²) in [6.45, 7) is 5.57. The summed E-state index contributed by atoms with van der Waals surface area (Å²) in [5.74, 6) is -1.17. The topological polar surface area (TPSA) is 55.8 Å². The lowest BCUT2D eigenvalue weighted by atomic mass is 9.88. The van der Waals surface area contributed by atoms with Gasteiger partial charge >= 0.3 is 5.97 Å². The van der Waals surface area contributed by atoms with Crippen molar-refractivity contribution in [2.24, 2.45) is 0 Å². The number of morpholine rings is 1. The molecule has 8 heteroatoms. The fourth-order valence-electron chi connectivity index (χ4n) is 5.01. The van der Waals surface area contributed by atoms with Gasteiger partial charge in [0.2, 0.25) is 0 Å². The average Bonchev–Trinajstić information content (AvgIpc) is 2.92. The second-order valence-electron chi connectivity index (χ2n) is 9.68. The fraction of sp³-hybridized carbons (Fsp3) is 0.355. The maximum absolute atomic E-state index is 14.4. The van der Waals surface area contributed by atoms with Crippen LogP contribution in [0.5, 0.6) is 0 Å². The summed E-state index contributed by atoms with van der Waals surface area (Å²) >= 11 is 12.4. The molecular formula is C31H32Cl2FNO4. The number of halogens is 3. The van der Waals surface area contributed by atoms with Gasteiger partial charge in [0, 0.05) is 16.5 Å². The van der Waals surface area contributed by atoms with Gasteiger partial charge in [-0.2, -0.15) is 0 Å². The van der Waals surface area contributed by atoms with Crippen LogP contribution in [0.25, 0.3) is 0 Å². The number of ether oxygens (including phenoxy) is 2. The van der Waals surface area contributed by atoms with Crippen molar-refractivity contribution in [2.75, 3.05) is 6.61 Å². The summed E-state index contributed by atoms with van der Waals surface area (Å²) in [7, 11) is 0. The van der Waals surface area contributed by atoms with Crippen LogP contribution in [0.4, 0.5) is 4.39 Å². The van der Waals surface area contributed by atoms with Crippen molar-refractivity contribution in [1.29, 1.82) is 0 Å². The summed E-state index contributed by atoms with van der Waals surface area (Å²) in [6, 6.07) is 17.8. The van der Waals surface area contributed by atoms with Crippen molar-refractivity contribution in [3.63, 3.8) is 0 Å². The fourth-order valence-corrected chi connectivity index (χ4v) is 5.26. The standard InChI is InChI=1S/C31H32Cl2FNO4/c1-4-6-26(31(37)38-5-2)35-28(21-9-13-23(32)14-10-21)29(22-11-15-24(33)16-12-22)39-27(30(35)36)18-20-8-7-19(3)25(34)17-20/h7-17,26-29H,4-6,18H2,1-3H3/t26-,27+,28-,29+/m1/s1. The Morgan fingerprint density at radius 1 is 1.00 bits per heavy atom. The van der Waals surface area contributed by atoms with E-state index in [1.807, 2.05) is 31.2 Å². The summed E-state index contributed by atoms with van der Waals surface area (Å²) in [4.78, 5) is 29.2. The molecule has 1 heterocycles. The Morgan fingerprint density at radius 3 is 2.18 bits per heavy atom. The van der Waals surface area contributed by atoms with Crippen LogP contribution in [-0.4, -0.2) is 35.5 Å². The normalized spacial score (nSPS) is 20.1. The van der Waals surface area contributed by atoms with E-state index in [0.29, 0.717) is 34.0 Å². The molecule has 0 aromatic heterocycles. The van der Waals surface area contributed by atoms with E-state index in [-0.39, 0.29) is 24.8 Å². The molecule has 1 amide bonds. The van der Waals surface area contributed by atoms with Crippen LogP contribution in [0.3, 0.4) is 0 Å². The molecule has 4 rings (SSSR count). The summed E-state index contributed by atoms with van der Waals surface area (Å²) in [5.41, 5.74) is 2.69. The Hall–Kier alpha value is -2.93. The molecule has 0 spiro atoms. The Labute approximate surface area is 238 Å².